The Morgan fingerprint density at radius 1 is 1.29 bits per heavy atom. The lowest BCUT2D eigenvalue weighted by Gasteiger charge is -2.32. The highest BCUT2D eigenvalue weighted by Gasteiger charge is 2.29. The summed E-state index contributed by atoms with van der Waals surface area (Å²) in [5.41, 5.74) is 6.74. The van der Waals surface area contributed by atoms with Crippen molar-refractivity contribution in [3.05, 3.63) is 35.9 Å². The van der Waals surface area contributed by atoms with Gasteiger partial charge in [-0.2, -0.15) is 0 Å². The Bertz CT molecular complexity index is 461. The van der Waals surface area contributed by atoms with Crippen molar-refractivity contribution < 1.29 is 4.79 Å². The Hall–Kier alpha value is -1.42. The van der Waals surface area contributed by atoms with Gasteiger partial charge in [-0.3, -0.25) is 4.79 Å². The van der Waals surface area contributed by atoms with Crippen molar-refractivity contribution in [2.24, 2.45) is 5.73 Å². The molecule has 2 N–H and O–H groups in total. The van der Waals surface area contributed by atoms with Crippen molar-refractivity contribution in [1.29, 1.82) is 0 Å². The van der Waals surface area contributed by atoms with E-state index < -0.39 is 5.92 Å². The quantitative estimate of drug-likeness (QED) is 0.748. The average molecular weight is 306 g/mol. The van der Waals surface area contributed by atoms with Crippen LogP contribution in [0.5, 0.6) is 0 Å². The molecule has 0 aliphatic heterocycles. The van der Waals surface area contributed by atoms with Crippen LogP contribution in [-0.4, -0.2) is 28.4 Å². The van der Waals surface area contributed by atoms with Crippen LogP contribution >= 0.6 is 12.2 Å². The van der Waals surface area contributed by atoms with E-state index in [9.17, 15) is 4.79 Å². The topological polar surface area (TPSA) is 46.3 Å². The normalized spacial score (nSPS) is 13.5. The fourth-order valence-corrected chi connectivity index (χ4v) is 2.57. The van der Waals surface area contributed by atoms with Crippen molar-refractivity contribution in [2.75, 3.05) is 6.54 Å². The molecule has 3 nitrogen and oxygen atoms in total. The predicted octanol–water partition coefficient (Wildman–Crippen LogP) is 3.48. The second kappa shape index (κ2) is 8.78. The summed E-state index contributed by atoms with van der Waals surface area (Å²) in [5, 5.41) is 0. The van der Waals surface area contributed by atoms with Crippen molar-refractivity contribution in [3.63, 3.8) is 0 Å². The zero-order valence-corrected chi connectivity index (χ0v) is 14.0. The summed E-state index contributed by atoms with van der Waals surface area (Å²) in [7, 11) is 0. The molecule has 4 heteroatoms. The van der Waals surface area contributed by atoms with Crippen LogP contribution in [0.3, 0.4) is 0 Å². The van der Waals surface area contributed by atoms with Gasteiger partial charge in [-0.05, 0) is 25.3 Å². The van der Waals surface area contributed by atoms with E-state index in [1.807, 2.05) is 35.2 Å². The molecule has 0 heterocycles. The van der Waals surface area contributed by atoms with Gasteiger partial charge >= 0.3 is 0 Å². The van der Waals surface area contributed by atoms with E-state index in [1.54, 1.807) is 0 Å². The Morgan fingerprint density at radius 3 is 2.38 bits per heavy atom. The van der Waals surface area contributed by atoms with Gasteiger partial charge in [-0.1, -0.05) is 62.8 Å². The smallest absolute Gasteiger partial charge is 0.237 e. The second-order valence-electron chi connectivity index (χ2n) is 5.39. The summed E-state index contributed by atoms with van der Waals surface area (Å²) in [6.45, 7) is 7.06. The number of hydrogen-bond donors (Lipinski definition) is 1. The van der Waals surface area contributed by atoms with Crippen LogP contribution in [-0.2, 0) is 4.79 Å². The lowest BCUT2D eigenvalue weighted by molar-refractivity contribution is -0.133. The highest BCUT2D eigenvalue weighted by atomic mass is 32.1. The molecule has 0 radical (unpaired) electrons. The molecule has 1 aromatic carbocycles. The molecule has 1 rings (SSSR count). The van der Waals surface area contributed by atoms with Crippen LogP contribution in [0.25, 0.3) is 0 Å². The summed E-state index contributed by atoms with van der Waals surface area (Å²) in [5.74, 6) is -0.497. The molecule has 0 fully saturated rings. The molecule has 2 unspecified atom stereocenters. The Balaban J connectivity index is 3.04. The first-order chi connectivity index (χ1) is 10.0. The number of carbonyl (C=O) groups excluding carboxylic acids is 1. The lowest BCUT2D eigenvalue weighted by Crippen LogP contribution is -2.44. The number of amides is 1. The first kappa shape index (κ1) is 17.6. The zero-order chi connectivity index (χ0) is 15.8. The van der Waals surface area contributed by atoms with E-state index in [0.717, 1.165) is 31.4 Å². The Kier molecular flexibility index (Phi) is 7.37. The van der Waals surface area contributed by atoms with Gasteiger partial charge in [0.2, 0.25) is 5.91 Å². The van der Waals surface area contributed by atoms with Gasteiger partial charge in [-0.25, -0.2) is 0 Å². The Morgan fingerprint density at radius 2 is 1.90 bits per heavy atom. The van der Waals surface area contributed by atoms with Crippen LogP contribution in [0, 0.1) is 0 Å². The monoisotopic (exact) mass is 306 g/mol. The first-order valence-electron chi connectivity index (χ1n) is 7.67. The predicted molar refractivity (Wildman–Crippen MR) is 92.3 cm³/mol. The lowest BCUT2D eigenvalue weighted by atomic mass is 9.96. The summed E-state index contributed by atoms with van der Waals surface area (Å²) in [4.78, 5) is 15.1. The van der Waals surface area contributed by atoms with Crippen molar-refractivity contribution in [1.82, 2.24) is 4.90 Å². The minimum absolute atomic E-state index is 0.0245. The number of benzene rings is 1. The molecule has 0 spiro atoms. The van der Waals surface area contributed by atoms with E-state index in [-0.39, 0.29) is 16.9 Å². The van der Waals surface area contributed by atoms with E-state index in [4.69, 9.17) is 18.0 Å². The maximum Gasteiger partial charge on any atom is 0.237 e. The van der Waals surface area contributed by atoms with E-state index in [0.29, 0.717) is 0 Å². The van der Waals surface area contributed by atoms with Crippen molar-refractivity contribution >= 4 is 23.1 Å². The van der Waals surface area contributed by atoms with Gasteiger partial charge in [0.25, 0.3) is 0 Å². The minimum Gasteiger partial charge on any atom is -0.392 e. The van der Waals surface area contributed by atoms with E-state index in [1.165, 1.54) is 0 Å². The molecular formula is C17H26N2OS. The third-order valence-electron chi connectivity index (χ3n) is 3.82. The maximum absolute atomic E-state index is 12.9. The number of hydrogen-bond acceptors (Lipinski definition) is 2. The first-order valence-corrected chi connectivity index (χ1v) is 8.08. The molecule has 0 saturated heterocycles. The maximum atomic E-state index is 12.9. The molecule has 0 aromatic heterocycles. The summed E-state index contributed by atoms with van der Waals surface area (Å²) in [6, 6.07) is 9.77. The summed E-state index contributed by atoms with van der Waals surface area (Å²) < 4.78 is 0. The highest BCUT2D eigenvalue weighted by molar-refractivity contribution is 7.80. The van der Waals surface area contributed by atoms with E-state index >= 15 is 0 Å². The van der Waals surface area contributed by atoms with Gasteiger partial charge in [-0.15, -0.1) is 0 Å². The SMILES string of the molecule is CCCCN(C(=O)C(C(N)=S)c1ccccc1)C(C)CC. The molecule has 116 valence electrons. The molecular weight excluding hydrogens is 280 g/mol. The molecule has 0 aliphatic carbocycles. The summed E-state index contributed by atoms with van der Waals surface area (Å²) >= 11 is 5.16. The van der Waals surface area contributed by atoms with Crippen LogP contribution < -0.4 is 5.73 Å². The fourth-order valence-electron chi connectivity index (χ4n) is 2.34. The van der Waals surface area contributed by atoms with Crippen LogP contribution in [0.4, 0.5) is 0 Å². The van der Waals surface area contributed by atoms with Gasteiger partial charge in [0.15, 0.2) is 0 Å². The van der Waals surface area contributed by atoms with Gasteiger partial charge in [0.05, 0.1) is 4.99 Å². The standard InChI is InChI=1S/C17H26N2OS/c1-4-6-12-19(13(3)5-2)17(20)15(16(18)21)14-10-8-7-9-11-14/h7-11,13,15H,4-6,12H2,1-3H3,(H2,18,21). The van der Waals surface area contributed by atoms with Gasteiger partial charge in [0, 0.05) is 12.6 Å². The third-order valence-corrected chi connectivity index (χ3v) is 4.06. The van der Waals surface area contributed by atoms with Gasteiger partial charge < -0.3 is 10.6 Å². The number of nitrogens with zero attached hydrogens (tertiary/aromatic N) is 1. The minimum atomic E-state index is -0.521. The second-order valence-corrected chi connectivity index (χ2v) is 5.86. The van der Waals surface area contributed by atoms with Crippen molar-refractivity contribution in [2.45, 2.75) is 52.0 Å². The summed E-state index contributed by atoms with van der Waals surface area (Å²) in [6.07, 6.45) is 2.98. The average Bonchev–Trinajstić information content (AvgIpc) is 2.48. The Labute approximate surface area is 133 Å². The molecule has 1 aromatic rings. The highest BCUT2D eigenvalue weighted by Crippen LogP contribution is 2.21. The molecule has 2 atom stereocenters. The fraction of sp³-hybridized carbons (Fsp3) is 0.529. The van der Waals surface area contributed by atoms with Crippen LogP contribution in [0.2, 0.25) is 0 Å². The zero-order valence-electron chi connectivity index (χ0n) is 13.2. The van der Waals surface area contributed by atoms with Crippen molar-refractivity contribution in [3.8, 4) is 0 Å². The molecule has 1 amide bonds. The third kappa shape index (κ3) is 4.81. The van der Waals surface area contributed by atoms with Crippen LogP contribution in [0.1, 0.15) is 51.5 Å². The van der Waals surface area contributed by atoms with Crippen LogP contribution in [0.15, 0.2) is 30.3 Å². The number of rotatable bonds is 8. The van der Waals surface area contributed by atoms with E-state index in [2.05, 4.69) is 20.8 Å². The molecule has 0 aliphatic rings. The number of nitrogens with two attached hydrogens (primary N) is 1. The van der Waals surface area contributed by atoms with Gasteiger partial charge in [0.1, 0.15) is 5.92 Å². The number of carbonyl (C=O) groups is 1. The molecule has 21 heavy (non-hydrogen) atoms. The largest absolute Gasteiger partial charge is 0.392 e. The molecule has 0 bridgehead atoms. The number of unbranched alkanes of at least 4 members (excludes halogenated alkanes) is 1. The molecule has 0 saturated carbocycles. The number of thiocarbonyl (C=S) groups is 1.